The van der Waals surface area contributed by atoms with Crippen molar-refractivity contribution in [3.63, 3.8) is 0 Å². The van der Waals surface area contributed by atoms with E-state index in [-0.39, 0.29) is 23.7 Å². The molecule has 112 valence electrons. The van der Waals surface area contributed by atoms with Crippen molar-refractivity contribution in [2.75, 3.05) is 5.32 Å². The largest absolute Gasteiger partial charge is 0.365 e. The summed E-state index contributed by atoms with van der Waals surface area (Å²) in [4.78, 5) is 26.4. The standard InChI is InChI=1S/C15H18FN3O2/c1-9(2)19-14(20)8-13(18-15(19)21)17-10(3)11-6-4-5-7-12(11)16/h4-10,17H,1-3H3,(H,18,21). The van der Waals surface area contributed by atoms with Crippen molar-refractivity contribution in [2.45, 2.75) is 32.9 Å². The lowest BCUT2D eigenvalue weighted by Gasteiger charge is -2.17. The van der Waals surface area contributed by atoms with Crippen LogP contribution < -0.4 is 16.6 Å². The van der Waals surface area contributed by atoms with Crippen LogP contribution in [0.1, 0.15) is 38.4 Å². The summed E-state index contributed by atoms with van der Waals surface area (Å²) in [7, 11) is 0. The molecule has 0 bridgehead atoms. The zero-order valence-corrected chi connectivity index (χ0v) is 12.2. The topological polar surface area (TPSA) is 66.9 Å². The molecule has 1 atom stereocenters. The molecule has 0 aliphatic rings. The lowest BCUT2D eigenvalue weighted by Crippen LogP contribution is -2.36. The highest BCUT2D eigenvalue weighted by molar-refractivity contribution is 5.37. The van der Waals surface area contributed by atoms with Gasteiger partial charge in [-0.1, -0.05) is 18.2 Å². The number of H-pyrrole nitrogens is 1. The molecule has 21 heavy (non-hydrogen) atoms. The van der Waals surface area contributed by atoms with E-state index in [0.717, 1.165) is 4.57 Å². The van der Waals surface area contributed by atoms with Crippen LogP contribution >= 0.6 is 0 Å². The first kappa shape index (κ1) is 15.0. The minimum Gasteiger partial charge on any atom is -0.365 e. The summed E-state index contributed by atoms with van der Waals surface area (Å²) < 4.78 is 14.8. The maximum absolute atomic E-state index is 13.7. The number of hydrogen-bond acceptors (Lipinski definition) is 3. The lowest BCUT2D eigenvalue weighted by molar-refractivity contribution is 0.546. The summed E-state index contributed by atoms with van der Waals surface area (Å²) in [6.07, 6.45) is 0. The Labute approximate surface area is 121 Å². The van der Waals surface area contributed by atoms with Gasteiger partial charge in [0.2, 0.25) is 0 Å². The van der Waals surface area contributed by atoms with E-state index in [1.54, 1.807) is 39.0 Å². The van der Waals surface area contributed by atoms with Gasteiger partial charge in [0.05, 0.1) is 6.04 Å². The van der Waals surface area contributed by atoms with Gasteiger partial charge in [-0.25, -0.2) is 9.18 Å². The normalized spacial score (nSPS) is 12.4. The lowest BCUT2D eigenvalue weighted by atomic mass is 10.1. The molecule has 1 unspecified atom stereocenters. The van der Waals surface area contributed by atoms with Crippen LogP contribution in [0.15, 0.2) is 39.9 Å². The van der Waals surface area contributed by atoms with Gasteiger partial charge in [0.1, 0.15) is 11.6 Å². The molecule has 6 heteroatoms. The molecule has 1 heterocycles. The first-order valence-corrected chi connectivity index (χ1v) is 6.77. The predicted molar refractivity (Wildman–Crippen MR) is 80.1 cm³/mol. The maximum Gasteiger partial charge on any atom is 0.330 e. The van der Waals surface area contributed by atoms with Crippen molar-refractivity contribution >= 4 is 5.82 Å². The summed E-state index contributed by atoms with van der Waals surface area (Å²) in [6, 6.07) is 7.06. The predicted octanol–water partition coefficient (Wildman–Crippen LogP) is 2.43. The average Bonchev–Trinajstić information content (AvgIpc) is 2.37. The Morgan fingerprint density at radius 1 is 1.19 bits per heavy atom. The fourth-order valence-corrected chi connectivity index (χ4v) is 2.21. The Kier molecular flexibility index (Phi) is 4.26. The molecule has 2 N–H and O–H groups in total. The van der Waals surface area contributed by atoms with Gasteiger partial charge in [0.15, 0.2) is 0 Å². The highest BCUT2D eigenvalue weighted by Crippen LogP contribution is 2.19. The smallest absolute Gasteiger partial charge is 0.330 e. The fraction of sp³-hybridized carbons (Fsp3) is 0.333. The zero-order valence-electron chi connectivity index (χ0n) is 12.2. The number of halogens is 1. The summed E-state index contributed by atoms with van der Waals surface area (Å²) in [6.45, 7) is 5.27. The molecule has 0 saturated heterocycles. The van der Waals surface area contributed by atoms with E-state index < -0.39 is 11.2 Å². The summed E-state index contributed by atoms with van der Waals surface area (Å²) in [5.41, 5.74) is -0.413. The van der Waals surface area contributed by atoms with Gasteiger partial charge in [-0.2, -0.15) is 0 Å². The maximum atomic E-state index is 13.7. The van der Waals surface area contributed by atoms with Crippen molar-refractivity contribution < 1.29 is 4.39 Å². The Morgan fingerprint density at radius 2 is 1.86 bits per heavy atom. The molecular weight excluding hydrogens is 273 g/mol. The number of aromatic amines is 1. The summed E-state index contributed by atoms with van der Waals surface area (Å²) in [5, 5.41) is 2.94. The summed E-state index contributed by atoms with van der Waals surface area (Å²) >= 11 is 0. The number of benzene rings is 1. The van der Waals surface area contributed by atoms with E-state index in [0.29, 0.717) is 5.56 Å². The van der Waals surface area contributed by atoms with Gasteiger partial charge in [-0.05, 0) is 26.8 Å². The number of aromatic nitrogens is 2. The molecule has 0 saturated carbocycles. The van der Waals surface area contributed by atoms with Gasteiger partial charge in [0, 0.05) is 17.7 Å². The van der Waals surface area contributed by atoms with Crippen LogP contribution in [0.3, 0.4) is 0 Å². The summed E-state index contributed by atoms with van der Waals surface area (Å²) in [5.74, 6) is -0.0620. The van der Waals surface area contributed by atoms with E-state index in [9.17, 15) is 14.0 Å². The number of rotatable bonds is 4. The van der Waals surface area contributed by atoms with Crippen molar-refractivity contribution in [3.05, 3.63) is 62.6 Å². The zero-order chi connectivity index (χ0) is 15.6. The van der Waals surface area contributed by atoms with E-state index in [1.165, 1.54) is 12.1 Å². The second-order valence-electron chi connectivity index (χ2n) is 5.18. The van der Waals surface area contributed by atoms with Crippen molar-refractivity contribution in [1.82, 2.24) is 9.55 Å². The highest BCUT2D eigenvalue weighted by Gasteiger charge is 2.12. The number of nitrogens with zero attached hydrogens (tertiary/aromatic N) is 1. The molecular formula is C15H18FN3O2. The van der Waals surface area contributed by atoms with Crippen LogP contribution in [0.4, 0.5) is 10.2 Å². The van der Waals surface area contributed by atoms with Crippen LogP contribution in [0, 0.1) is 5.82 Å². The second kappa shape index (κ2) is 5.95. The molecule has 1 aromatic heterocycles. The molecule has 0 spiro atoms. The molecule has 2 rings (SSSR count). The fourth-order valence-electron chi connectivity index (χ4n) is 2.21. The number of nitrogens with one attached hydrogen (secondary N) is 2. The number of hydrogen-bond donors (Lipinski definition) is 2. The van der Waals surface area contributed by atoms with E-state index in [2.05, 4.69) is 10.3 Å². The van der Waals surface area contributed by atoms with Crippen LogP contribution in [0.2, 0.25) is 0 Å². The Morgan fingerprint density at radius 3 is 2.43 bits per heavy atom. The monoisotopic (exact) mass is 291 g/mol. The van der Waals surface area contributed by atoms with Gasteiger partial charge in [-0.3, -0.25) is 14.3 Å². The molecule has 0 aliphatic heterocycles. The Bertz CT molecular complexity index is 718. The van der Waals surface area contributed by atoms with Crippen molar-refractivity contribution in [2.24, 2.45) is 0 Å². The first-order chi connectivity index (χ1) is 9.90. The third-order valence-electron chi connectivity index (χ3n) is 3.23. The van der Waals surface area contributed by atoms with Crippen LogP contribution in [0.5, 0.6) is 0 Å². The van der Waals surface area contributed by atoms with Crippen molar-refractivity contribution in [1.29, 1.82) is 0 Å². The molecule has 0 amide bonds. The molecule has 0 fully saturated rings. The van der Waals surface area contributed by atoms with Crippen LogP contribution in [0.25, 0.3) is 0 Å². The quantitative estimate of drug-likeness (QED) is 0.909. The Balaban J connectivity index is 2.31. The van der Waals surface area contributed by atoms with E-state index in [1.807, 2.05) is 0 Å². The van der Waals surface area contributed by atoms with Crippen LogP contribution in [-0.2, 0) is 0 Å². The Hall–Kier alpha value is -2.37. The molecule has 2 aromatic rings. The van der Waals surface area contributed by atoms with Crippen molar-refractivity contribution in [3.8, 4) is 0 Å². The second-order valence-corrected chi connectivity index (χ2v) is 5.18. The van der Waals surface area contributed by atoms with E-state index >= 15 is 0 Å². The molecule has 0 radical (unpaired) electrons. The molecule has 1 aromatic carbocycles. The van der Waals surface area contributed by atoms with Gasteiger partial charge in [0.25, 0.3) is 5.56 Å². The SMILES string of the molecule is CC(Nc1cc(=O)n(C(C)C)c(=O)[nH]1)c1ccccc1F. The number of anilines is 1. The van der Waals surface area contributed by atoms with E-state index in [4.69, 9.17) is 0 Å². The van der Waals surface area contributed by atoms with Gasteiger partial charge < -0.3 is 5.32 Å². The minimum atomic E-state index is -0.485. The minimum absolute atomic E-state index is 0.223. The van der Waals surface area contributed by atoms with Gasteiger partial charge >= 0.3 is 5.69 Å². The third kappa shape index (κ3) is 3.21. The molecule has 5 nitrogen and oxygen atoms in total. The highest BCUT2D eigenvalue weighted by atomic mass is 19.1. The molecule has 0 aliphatic carbocycles. The average molecular weight is 291 g/mol. The van der Waals surface area contributed by atoms with Gasteiger partial charge in [-0.15, -0.1) is 0 Å². The first-order valence-electron chi connectivity index (χ1n) is 6.77. The van der Waals surface area contributed by atoms with Crippen LogP contribution in [-0.4, -0.2) is 9.55 Å². The third-order valence-corrected chi connectivity index (χ3v) is 3.23.